The normalized spacial score (nSPS) is 22.6. The molecule has 0 saturated heterocycles. The summed E-state index contributed by atoms with van der Waals surface area (Å²) in [6.07, 6.45) is 5.76. The second kappa shape index (κ2) is 4.30. The van der Waals surface area contributed by atoms with Crippen molar-refractivity contribution in [2.24, 2.45) is 5.73 Å². The van der Waals surface area contributed by atoms with Gasteiger partial charge in [-0.1, -0.05) is 17.3 Å². The summed E-state index contributed by atoms with van der Waals surface area (Å²) in [6, 6.07) is 2.86. The van der Waals surface area contributed by atoms with E-state index in [1.54, 1.807) is 0 Å². The van der Waals surface area contributed by atoms with Gasteiger partial charge in [-0.25, -0.2) is 9.37 Å². The molecule has 18 heavy (non-hydrogen) atoms. The van der Waals surface area contributed by atoms with E-state index in [9.17, 15) is 4.39 Å². The van der Waals surface area contributed by atoms with E-state index in [2.05, 4.69) is 15.1 Å². The molecule has 0 aliphatic heterocycles. The summed E-state index contributed by atoms with van der Waals surface area (Å²) in [5.74, 6) is 0.535. The molecule has 0 bridgehead atoms. The fraction of sp³-hybridized carbons (Fsp3) is 0.250. The van der Waals surface area contributed by atoms with Crippen LogP contribution in [0.25, 0.3) is 11.5 Å². The van der Waals surface area contributed by atoms with Crippen LogP contribution < -0.4 is 5.73 Å². The molecule has 6 heteroatoms. The van der Waals surface area contributed by atoms with Crippen molar-refractivity contribution >= 4 is 0 Å². The van der Waals surface area contributed by atoms with Crippen LogP contribution >= 0.6 is 0 Å². The lowest BCUT2D eigenvalue weighted by Crippen LogP contribution is -2.14. The molecule has 1 aliphatic carbocycles. The first-order chi connectivity index (χ1) is 8.72. The van der Waals surface area contributed by atoms with Crippen LogP contribution in [0.3, 0.4) is 0 Å². The van der Waals surface area contributed by atoms with Crippen LogP contribution in [-0.2, 0) is 0 Å². The second-order valence-electron chi connectivity index (χ2n) is 4.21. The maximum atomic E-state index is 12.7. The van der Waals surface area contributed by atoms with Crippen molar-refractivity contribution in [2.75, 3.05) is 0 Å². The number of aromatic nitrogens is 3. The lowest BCUT2D eigenvalue weighted by atomic mass is 10.1. The minimum absolute atomic E-state index is 0.0364. The van der Waals surface area contributed by atoms with Gasteiger partial charge in [0.25, 0.3) is 0 Å². The summed E-state index contributed by atoms with van der Waals surface area (Å²) in [6.45, 7) is 0. The predicted molar refractivity (Wildman–Crippen MR) is 62.0 cm³/mol. The largest absolute Gasteiger partial charge is 0.338 e. The van der Waals surface area contributed by atoms with Crippen LogP contribution in [0.1, 0.15) is 18.2 Å². The van der Waals surface area contributed by atoms with Gasteiger partial charge in [0.05, 0.1) is 12.1 Å². The molecule has 3 rings (SSSR count). The molecule has 2 N–H and O–H groups in total. The Morgan fingerprint density at radius 2 is 2.22 bits per heavy atom. The molecule has 2 heterocycles. The van der Waals surface area contributed by atoms with E-state index < -0.39 is 5.82 Å². The molecule has 2 aromatic heterocycles. The number of hydrogen-bond acceptors (Lipinski definition) is 5. The second-order valence-corrected chi connectivity index (χ2v) is 4.21. The van der Waals surface area contributed by atoms with Gasteiger partial charge in [-0.05, 0) is 18.6 Å². The zero-order valence-electron chi connectivity index (χ0n) is 9.45. The highest BCUT2D eigenvalue weighted by molar-refractivity contribution is 5.47. The highest BCUT2D eigenvalue weighted by Gasteiger charge is 2.23. The monoisotopic (exact) mass is 246 g/mol. The molecule has 2 aromatic rings. The summed E-state index contributed by atoms with van der Waals surface area (Å²) in [7, 11) is 0. The fourth-order valence-electron chi connectivity index (χ4n) is 1.91. The molecular formula is C12H11FN4O. The predicted octanol–water partition coefficient (Wildman–Crippen LogP) is 1.64. The summed E-state index contributed by atoms with van der Waals surface area (Å²) in [5, 5.41) is 3.84. The van der Waals surface area contributed by atoms with E-state index in [4.69, 9.17) is 10.3 Å². The Balaban J connectivity index is 1.85. The van der Waals surface area contributed by atoms with Crippen LogP contribution in [0.2, 0.25) is 0 Å². The van der Waals surface area contributed by atoms with Gasteiger partial charge in [0, 0.05) is 6.04 Å². The molecule has 0 saturated carbocycles. The van der Waals surface area contributed by atoms with Crippen molar-refractivity contribution < 1.29 is 8.91 Å². The molecule has 92 valence electrons. The molecular weight excluding hydrogens is 235 g/mol. The van der Waals surface area contributed by atoms with Gasteiger partial charge < -0.3 is 10.3 Å². The van der Waals surface area contributed by atoms with Gasteiger partial charge in [-0.2, -0.15) is 4.98 Å². The number of pyridine rings is 1. The summed E-state index contributed by atoms with van der Waals surface area (Å²) >= 11 is 0. The third-order valence-corrected chi connectivity index (χ3v) is 2.83. The Bertz CT molecular complexity index is 578. The van der Waals surface area contributed by atoms with E-state index >= 15 is 0 Å². The van der Waals surface area contributed by atoms with E-state index in [-0.39, 0.29) is 12.0 Å². The highest BCUT2D eigenvalue weighted by atomic mass is 19.1. The van der Waals surface area contributed by atoms with Crippen LogP contribution in [0.15, 0.2) is 35.0 Å². The molecule has 2 unspecified atom stereocenters. The van der Waals surface area contributed by atoms with Gasteiger partial charge in [-0.3, -0.25) is 0 Å². The zero-order chi connectivity index (χ0) is 12.5. The van der Waals surface area contributed by atoms with Crippen molar-refractivity contribution in [3.63, 3.8) is 0 Å². The van der Waals surface area contributed by atoms with E-state index in [0.717, 1.165) is 12.6 Å². The molecule has 0 aromatic carbocycles. The third-order valence-electron chi connectivity index (χ3n) is 2.83. The number of nitrogens with two attached hydrogens (primary N) is 1. The van der Waals surface area contributed by atoms with Crippen molar-refractivity contribution in [2.45, 2.75) is 18.4 Å². The minimum atomic E-state index is -0.396. The topological polar surface area (TPSA) is 77.8 Å². The fourth-order valence-corrected chi connectivity index (χ4v) is 1.91. The lowest BCUT2D eigenvalue weighted by Gasteiger charge is -2.01. The number of allylic oxidation sites excluding steroid dienone is 1. The number of halogens is 1. The number of nitrogens with zero attached hydrogens (tertiary/aromatic N) is 3. The molecule has 0 spiro atoms. The van der Waals surface area contributed by atoms with E-state index in [1.807, 2.05) is 12.2 Å². The quantitative estimate of drug-likeness (QED) is 0.815. The van der Waals surface area contributed by atoms with Gasteiger partial charge in [-0.15, -0.1) is 0 Å². The molecule has 0 fully saturated rings. The van der Waals surface area contributed by atoms with Crippen LogP contribution in [0, 0.1) is 5.82 Å². The first-order valence-corrected chi connectivity index (χ1v) is 5.62. The highest BCUT2D eigenvalue weighted by Crippen LogP contribution is 2.27. The Morgan fingerprint density at radius 3 is 2.89 bits per heavy atom. The Kier molecular flexibility index (Phi) is 2.64. The first kappa shape index (κ1) is 11.0. The summed E-state index contributed by atoms with van der Waals surface area (Å²) in [4.78, 5) is 8.16. The smallest absolute Gasteiger partial charge is 0.234 e. The van der Waals surface area contributed by atoms with Crippen LogP contribution in [-0.4, -0.2) is 21.2 Å². The number of hydrogen-bond donors (Lipinski definition) is 1. The Morgan fingerprint density at radius 1 is 1.33 bits per heavy atom. The van der Waals surface area contributed by atoms with Crippen LogP contribution in [0.5, 0.6) is 0 Å². The maximum absolute atomic E-state index is 12.7. The van der Waals surface area contributed by atoms with Crippen molar-refractivity contribution in [1.29, 1.82) is 0 Å². The molecule has 0 amide bonds. The molecule has 0 radical (unpaired) electrons. The number of rotatable bonds is 2. The average Bonchev–Trinajstić information content (AvgIpc) is 2.98. The average molecular weight is 246 g/mol. The molecule has 1 aliphatic rings. The Hall–Kier alpha value is -2.08. The summed E-state index contributed by atoms with van der Waals surface area (Å²) in [5.41, 5.74) is 6.25. The van der Waals surface area contributed by atoms with Crippen molar-refractivity contribution in [3.8, 4) is 11.5 Å². The summed E-state index contributed by atoms with van der Waals surface area (Å²) < 4.78 is 17.9. The van der Waals surface area contributed by atoms with Gasteiger partial charge >= 0.3 is 0 Å². The first-order valence-electron chi connectivity index (χ1n) is 5.62. The van der Waals surface area contributed by atoms with Crippen molar-refractivity contribution in [1.82, 2.24) is 15.1 Å². The maximum Gasteiger partial charge on any atom is 0.234 e. The van der Waals surface area contributed by atoms with Gasteiger partial charge in [0.15, 0.2) is 0 Å². The third kappa shape index (κ3) is 2.02. The standard InChI is InChI=1S/C12H11FN4O/c13-8-2-4-10(15-6-8)11-16-12(18-17-11)7-1-3-9(14)5-7/h1-4,6-7,9H,5,14H2. The van der Waals surface area contributed by atoms with Crippen molar-refractivity contribution in [3.05, 3.63) is 42.2 Å². The molecule has 5 nitrogen and oxygen atoms in total. The molecule has 2 atom stereocenters. The van der Waals surface area contributed by atoms with Gasteiger partial charge in [0.1, 0.15) is 11.5 Å². The minimum Gasteiger partial charge on any atom is -0.338 e. The SMILES string of the molecule is NC1C=CC(c2nc(-c3ccc(F)cn3)no2)C1. The Labute approximate surface area is 103 Å². The van der Waals surface area contributed by atoms with Gasteiger partial charge in [0.2, 0.25) is 11.7 Å². The zero-order valence-corrected chi connectivity index (χ0v) is 9.45. The van der Waals surface area contributed by atoms with Crippen LogP contribution in [0.4, 0.5) is 4.39 Å². The van der Waals surface area contributed by atoms with E-state index in [0.29, 0.717) is 17.4 Å². The van der Waals surface area contributed by atoms with E-state index in [1.165, 1.54) is 12.1 Å². The lowest BCUT2D eigenvalue weighted by molar-refractivity contribution is 0.364.